The Morgan fingerprint density at radius 1 is 0.623 bits per heavy atom. The number of benzene rings is 3. The Kier molecular flexibility index (Phi) is 16.0. The molecule has 318 valence electrons. The molecule has 0 atom stereocenters. The van der Waals surface area contributed by atoms with Crippen LogP contribution in [0.4, 0.5) is 13.2 Å². The summed E-state index contributed by atoms with van der Waals surface area (Å²) in [5, 5.41) is 24.7. The highest BCUT2D eigenvalue weighted by molar-refractivity contribution is 5.93. The molecule has 0 bridgehead atoms. The van der Waals surface area contributed by atoms with Crippen molar-refractivity contribution in [2.75, 3.05) is 33.3 Å². The number of methoxy groups -OCH3 is 1. The van der Waals surface area contributed by atoms with Crippen molar-refractivity contribution < 1.29 is 60.6 Å². The number of carboxylic acids is 1. The van der Waals surface area contributed by atoms with Gasteiger partial charge in [-0.05, 0) is 92.1 Å². The zero-order valence-electron chi connectivity index (χ0n) is 32.6. The quantitative estimate of drug-likeness (QED) is 0.0782. The van der Waals surface area contributed by atoms with Crippen molar-refractivity contribution in [2.24, 2.45) is 0 Å². The maximum Gasteiger partial charge on any atom is 0.358 e. The number of nitrogens with one attached hydrogen (secondary N) is 2. The van der Waals surface area contributed by atoms with Crippen LogP contribution in [0.5, 0.6) is 0 Å². The summed E-state index contributed by atoms with van der Waals surface area (Å²) in [5.74, 6) is -2.10. The molecule has 1 fully saturated rings. The van der Waals surface area contributed by atoms with Crippen molar-refractivity contribution in [3.8, 4) is 34.0 Å². The lowest BCUT2D eigenvalue weighted by atomic mass is 10.1. The molecule has 1 saturated heterocycles. The molecule has 1 aliphatic heterocycles. The lowest BCUT2D eigenvalue weighted by Gasteiger charge is -2.30. The predicted molar refractivity (Wildman–Crippen MR) is 209 cm³/mol. The van der Waals surface area contributed by atoms with Gasteiger partial charge in [-0.3, -0.25) is 19.2 Å². The second kappa shape index (κ2) is 22.0. The number of nitrogens with zero attached hydrogens (tertiary/aromatic N) is 4. The Labute approximate surface area is 345 Å². The molecular formula is C42H39F3N6O10. The van der Waals surface area contributed by atoms with Gasteiger partial charge in [0.15, 0.2) is 34.4 Å². The summed E-state index contributed by atoms with van der Waals surface area (Å²) in [4.78, 5) is 58.8. The van der Waals surface area contributed by atoms with Gasteiger partial charge in [0.25, 0.3) is 11.8 Å². The summed E-state index contributed by atoms with van der Waals surface area (Å²) >= 11 is 0. The first kappa shape index (κ1) is 44.5. The predicted octanol–water partition coefficient (Wildman–Crippen LogP) is 6.57. The van der Waals surface area contributed by atoms with E-state index in [4.69, 9.17) is 18.7 Å². The maximum absolute atomic E-state index is 12.9. The third kappa shape index (κ3) is 13.5. The van der Waals surface area contributed by atoms with Gasteiger partial charge < -0.3 is 38.9 Å². The van der Waals surface area contributed by atoms with Crippen LogP contribution in [0.3, 0.4) is 0 Å². The number of ether oxygens (including phenoxy) is 1. The van der Waals surface area contributed by atoms with E-state index in [1.54, 1.807) is 12.1 Å². The van der Waals surface area contributed by atoms with Gasteiger partial charge in [0.2, 0.25) is 5.91 Å². The highest BCUT2D eigenvalue weighted by Gasteiger charge is 2.20. The number of rotatable bonds is 14. The third-order valence-electron chi connectivity index (χ3n) is 8.73. The minimum absolute atomic E-state index is 0.123. The smallest absolute Gasteiger partial charge is 0.358 e. The number of carboxylic acid groups (broad SMARTS) is 1. The van der Waals surface area contributed by atoms with Crippen molar-refractivity contribution in [1.82, 2.24) is 31.0 Å². The van der Waals surface area contributed by atoms with Crippen molar-refractivity contribution in [3.63, 3.8) is 0 Å². The van der Waals surface area contributed by atoms with Crippen LogP contribution in [0.1, 0.15) is 63.6 Å². The average Bonchev–Trinajstić information content (AvgIpc) is 4.04. The molecule has 0 aliphatic carbocycles. The van der Waals surface area contributed by atoms with Crippen LogP contribution in [0.2, 0.25) is 0 Å². The Hall–Kier alpha value is -7.57. The molecule has 61 heavy (non-hydrogen) atoms. The first-order valence-electron chi connectivity index (χ1n) is 18.7. The van der Waals surface area contributed by atoms with Gasteiger partial charge in [0.1, 0.15) is 17.5 Å². The van der Waals surface area contributed by atoms with E-state index in [0.29, 0.717) is 66.3 Å². The number of esters is 1. The standard InChI is InChI=1S/C17H18FN3O3.C15H15FN2O4.C10H6FNO3/c18-13-6-4-12(5-7-13)15-11-14(20-24-15)17(23)19-8-1-3-16(22)21-9-2-10-21;1-21-14(19)3-2-8-17-15(20)12-9-13(22-18-12)10-4-6-11(16)7-5-10;11-7-3-1-6(2-4-7)9-5-8(10(13)14)12-15-9/h4-7,11H,1-3,8-10H2,(H,19,23);4-7,9H,2-3,8H2,1H3,(H,17,20);1-5H,(H,13,14). The van der Waals surface area contributed by atoms with E-state index in [2.05, 4.69) is 30.8 Å². The fourth-order valence-electron chi connectivity index (χ4n) is 5.27. The molecule has 3 aromatic carbocycles. The average molecular weight is 845 g/mol. The highest BCUT2D eigenvalue weighted by atomic mass is 19.1. The van der Waals surface area contributed by atoms with Crippen LogP contribution in [-0.4, -0.2) is 88.4 Å². The molecule has 4 heterocycles. The summed E-state index contributed by atoms with van der Waals surface area (Å²) in [6.45, 7) is 2.41. The molecule has 3 aromatic heterocycles. The van der Waals surface area contributed by atoms with Crippen LogP contribution in [0.25, 0.3) is 34.0 Å². The molecule has 19 heteroatoms. The van der Waals surface area contributed by atoms with Crippen LogP contribution in [0, 0.1) is 17.5 Å². The molecule has 3 N–H and O–H groups in total. The van der Waals surface area contributed by atoms with E-state index in [9.17, 15) is 37.1 Å². The normalized spacial score (nSPS) is 11.5. The number of carbonyl (C=O) groups excluding carboxylic acids is 4. The Morgan fingerprint density at radius 3 is 1.34 bits per heavy atom. The van der Waals surface area contributed by atoms with Gasteiger partial charge in [-0.15, -0.1) is 0 Å². The van der Waals surface area contributed by atoms with Crippen molar-refractivity contribution in [1.29, 1.82) is 0 Å². The Morgan fingerprint density at radius 2 is 1.00 bits per heavy atom. The van der Waals surface area contributed by atoms with Gasteiger partial charge in [0, 0.05) is 73.9 Å². The third-order valence-corrected chi connectivity index (χ3v) is 8.73. The zero-order chi connectivity index (χ0) is 43.7. The molecule has 1 aliphatic rings. The fourth-order valence-corrected chi connectivity index (χ4v) is 5.27. The van der Waals surface area contributed by atoms with Gasteiger partial charge in [0.05, 0.1) is 7.11 Å². The molecule has 3 amide bonds. The van der Waals surface area contributed by atoms with Crippen LogP contribution < -0.4 is 10.6 Å². The first-order chi connectivity index (χ1) is 29.4. The lowest BCUT2D eigenvalue weighted by Crippen LogP contribution is -2.42. The van der Waals surface area contributed by atoms with Gasteiger partial charge in [-0.1, -0.05) is 15.5 Å². The number of aromatic nitrogens is 3. The SMILES string of the molecule is COC(=O)CCCNC(=O)c1cc(-c2ccc(F)cc2)on1.O=C(NCCCC(=O)N1CCC1)c1cc(-c2ccc(F)cc2)on1.O=C(O)c1cc(-c2ccc(F)cc2)on1. The van der Waals surface area contributed by atoms with E-state index in [0.717, 1.165) is 19.5 Å². The van der Waals surface area contributed by atoms with Crippen LogP contribution in [-0.2, 0) is 14.3 Å². The Balaban J connectivity index is 0.000000178. The summed E-state index contributed by atoms with van der Waals surface area (Å²) in [6.07, 6.45) is 2.80. The summed E-state index contributed by atoms with van der Waals surface area (Å²) < 4.78 is 57.8. The van der Waals surface area contributed by atoms with Gasteiger partial charge in [-0.2, -0.15) is 0 Å². The van der Waals surface area contributed by atoms with Crippen molar-refractivity contribution >= 4 is 29.7 Å². The maximum atomic E-state index is 12.9. The molecule has 7 rings (SSSR count). The second-order valence-corrected chi connectivity index (χ2v) is 13.1. The number of aromatic carboxylic acids is 1. The van der Waals surface area contributed by atoms with E-state index in [1.165, 1.54) is 86.0 Å². The van der Waals surface area contributed by atoms with E-state index >= 15 is 0 Å². The van der Waals surface area contributed by atoms with Crippen LogP contribution >= 0.6 is 0 Å². The highest BCUT2D eigenvalue weighted by Crippen LogP contribution is 2.23. The molecule has 0 spiro atoms. The summed E-state index contributed by atoms with van der Waals surface area (Å²) in [7, 11) is 1.31. The van der Waals surface area contributed by atoms with E-state index in [1.807, 2.05) is 4.90 Å². The summed E-state index contributed by atoms with van der Waals surface area (Å²) in [6, 6.07) is 21.2. The van der Waals surface area contributed by atoms with Gasteiger partial charge >= 0.3 is 11.9 Å². The van der Waals surface area contributed by atoms with E-state index in [-0.39, 0.29) is 58.7 Å². The second-order valence-electron chi connectivity index (χ2n) is 13.1. The minimum atomic E-state index is -1.16. The number of halogens is 3. The first-order valence-corrected chi connectivity index (χ1v) is 18.7. The number of hydrogen-bond donors (Lipinski definition) is 3. The number of hydrogen-bond acceptors (Lipinski definition) is 12. The zero-order valence-corrected chi connectivity index (χ0v) is 32.6. The largest absolute Gasteiger partial charge is 0.476 e. The topological polar surface area (TPSA) is 220 Å². The molecule has 16 nitrogen and oxygen atoms in total. The van der Waals surface area contributed by atoms with Crippen molar-refractivity contribution in [3.05, 3.63) is 126 Å². The fraction of sp³-hybridized carbons (Fsp3) is 0.238. The molecule has 0 saturated carbocycles. The van der Waals surface area contributed by atoms with Crippen LogP contribution in [0.15, 0.2) is 105 Å². The monoisotopic (exact) mass is 844 g/mol. The van der Waals surface area contributed by atoms with Crippen molar-refractivity contribution in [2.45, 2.75) is 32.1 Å². The minimum Gasteiger partial charge on any atom is -0.476 e. The molecule has 0 unspecified atom stereocenters. The molecule has 6 aromatic rings. The van der Waals surface area contributed by atoms with Gasteiger partial charge in [-0.25, -0.2) is 18.0 Å². The number of carbonyl (C=O) groups is 5. The van der Waals surface area contributed by atoms with E-state index < -0.39 is 11.9 Å². The summed E-state index contributed by atoms with van der Waals surface area (Å²) in [5.41, 5.74) is 1.95. The number of amides is 3. The lowest BCUT2D eigenvalue weighted by molar-refractivity contribution is -0.140. The molecule has 0 radical (unpaired) electrons. The Bertz CT molecular complexity index is 2390. The number of likely N-dealkylation sites (tertiary alicyclic amines) is 1. The molecular weight excluding hydrogens is 805 g/mol.